The predicted molar refractivity (Wildman–Crippen MR) is 89.9 cm³/mol. The molecule has 0 aromatic rings. The summed E-state index contributed by atoms with van der Waals surface area (Å²) in [6.45, 7) is 7.00. The lowest BCUT2D eigenvalue weighted by Crippen LogP contribution is -2.48. The summed E-state index contributed by atoms with van der Waals surface area (Å²) in [5.41, 5.74) is 1.75. The summed E-state index contributed by atoms with van der Waals surface area (Å²) in [5.74, 6) is 0.642. The molecule has 4 heteroatoms. The zero-order valence-corrected chi connectivity index (χ0v) is 14.6. The minimum Gasteiger partial charge on any atom is -0.233 e. The zero-order chi connectivity index (χ0) is 15.0. The van der Waals surface area contributed by atoms with Crippen LogP contribution in [0.25, 0.3) is 0 Å². The van der Waals surface area contributed by atoms with Crippen LogP contribution < -0.4 is 0 Å². The number of rotatable bonds is 2. The quantitative estimate of drug-likeness (QED) is 0.427. The van der Waals surface area contributed by atoms with Crippen LogP contribution in [0.5, 0.6) is 0 Å². The second-order valence-electron chi connectivity index (χ2n) is 6.83. The Morgan fingerprint density at radius 2 is 2.00 bits per heavy atom. The molecule has 0 amide bonds. The average Bonchev–Trinajstić information content (AvgIpc) is 2.34. The first-order valence-electron chi connectivity index (χ1n) is 7.17. The van der Waals surface area contributed by atoms with E-state index < -0.39 is 0 Å². The first-order chi connectivity index (χ1) is 9.25. The fourth-order valence-electron chi connectivity index (χ4n) is 4.05. The third kappa shape index (κ3) is 3.26. The molecule has 0 bridgehead atoms. The van der Waals surface area contributed by atoms with Gasteiger partial charge in [-0.25, -0.2) is 4.99 Å². The maximum Gasteiger partial charge on any atom is 0.196 e. The molecule has 112 valence electrons. The lowest BCUT2D eigenvalue weighted by molar-refractivity contribution is 0.0262. The highest BCUT2D eigenvalue weighted by atomic mass is 35.5. The molecular formula is C16H22Cl3N. The number of allylic oxidation sites excluding steroid dienone is 3. The van der Waals surface area contributed by atoms with E-state index >= 15 is 0 Å². The van der Waals surface area contributed by atoms with Gasteiger partial charge in [-0.05, 0) is 77.3 Å². The molecule has 0 radical (unpaired) electrons. The predicted octanol–water partition coefficient (Wildman–Crippen LogP) is 6.10. The van der Waals surface area contributed by atoms with Gasteiger partial charge in [0.05, 0.1) is 0 Å². The van der Waals surface area contributed by atoms with E-state index in [1.165, 1.54) is 12.0 Å². The molecule has 1 nitrogen and oxygen atoms in total. The molecule has 0 aromatic heterocycles. The largest absolute Gasteiger partial charge is 0.233 e. The van der Waals surface area contributed by atoms with Crippen molar-refractivity contribution in [1.29, 1.82) is 0 Å². The smallest absolute Gasteiger partial charge is 0.196 e. The molecule has 0 unspecified atom stereocenters. The minimum atomic E-state index is 0.0468. The van der Waals surface area contributed by atoms with E-state index in [1.807, 2.05) is 6.08 Å². The molecular weight excluding hydrogens is 313 g/mol. The number of nitrogens with zero attached hydrogens (tertiary/aromatic N) is 1. The highest BCUT2D eigenvalue weighted by molar-refractivity contribution is 6.95. The lowest BCUT2D eigenvalue weighted by atomic mass is 9.53. The van der Waals surface area contributed by atoms with Crippen LogP contribution in [0.3, 0.4) is 0 Å². The molecule has 0 aliphatic heterocycles. The molecule has 0 saturated heterocycles. The molecule has 0 aromatic carbocycles. The Hall–Kier alpha value is 0.0200. The molecule has 1 fully saturated rings. The minimum absolute atomic E-state index is 0.0468. The van der Waals surface area contributed by atoms with E-state index in [-0.39, 0.29) is 20.8 Å². The first-order valence-corrected chi connectivity index (χ1v) is 8.36. The summed E-state index contributed by atoms with van der Waals surface area (Å²) in [7, 11) is 0. The van der Waals surface area contributed by atoms with E-state index in [0.29, 0.717) is 5.92 Å². The molecule has 0 heterocycles. The first kappa shape index (κ1) is 16.4. The third-order valence-electron chi connectivity index (χ3n) is 5.14. The van der Waals surface area contributed by atoms with Crippen molar-refractivity contribution in [2.75, 3.05) is 0 Å². The monoisotopic (exact) mass is 333 g/mol. The molecule has 2 aliphatic carbocycles. The van der Waals surface area contributed by atoms with Gasteiger partial charge in [-0.1, -0.05) is 26.8 Å². The van der Waals surface area contributed by atoms with Crippen molar-refractivity contribution in [2.45, 2.75) is 51.8 Å². The molecule has 0 N–H and O–H groups in total. The summed E-state index contributed by atoms with van der Waals surface area (Å²) >= 11 is 17.6. The maximum atomic E-state index is 6.56. The van der Waals surface area contributed by atoms with Crippen LogP contribution in [0.15, 0.2) is 28.9 Å². The van der Waals surface area contributed by atoms with Gasteiger partial charge in [-0.3, -0.25) is 0 Å². The number of halogens is 3. The Labute approximate surface area is 137 Å². The molecule has 2 rings (SSSR count). The van der Waals surface area contributed by atoms with Crippen molar-refractivity contribution in [3.63, 3.8) is 0 Å². The molecule has 1 saturated carbocycles. The van der Waals surface area contributed by atoms with Crippen molar-refractivity contribution >= 4 is 39.4 Å². The normalized spacial score (nSPS) is 36.4. The van der Waals surface area contributed by atoms with Gasteiger partial charge in [0.2, 0.25) is 0 Å². The van der Waals surface area contributed by atoms with Gasteiger partial charge < -0.3 is 0 Å². The fraction of sp³-hybridized carbons (Fsp3) is 0.688. The van der Waals surface area contributed by atoms with Crippen LogP contribution >= 0.6 is 34.8 Å². The summed E-state index contributed by atoms with van der Waals surface area (Å²) in [5, 5.41) is 0.283. The molecule has 0 spiro atoms. The van der Waals surface area contributed by atoms with Gasteiger partial charge in [0, 0.05) is 11.6 Å². The van der Waals surface area contributed by atoms with Gasteiger partial charge in [-0.2, -0.15) is 0 Å². The van der Waals surface area contributed by atoms with Crippen LogP contribution in [0.1, 0.15) is 46.5 Å². The number of hydrogen-bond donors (Lipinski definition) is 0. The standard InChI is InChI=1S/C16H22Cl3N/c1-15(2)12-5-4-11(7-9-20-14(18)19)10-16(12,3)8-6-13(15)17/h7,9-10,12-13H,4-6,8H2,1-3H3/b9-7-/t12-,13+,16-/m1/s1. The number of alkyl halides is 1. The highest BCUT2D eigenvalue weighted by Crippen LogP contribution is 2.57. The Balaban J connectivity index is 2.22. The van der Waals surface area contributed by atoms with Gasteiger partial charge in [0.1, 0.15) is 0 Å². The van der Waals surface area contributed by atoms with Crippen molar-refractivity contribution in [3.8, 4) is 0 Å². The van der Waals surface area contributed by atoms with Crippen LogP contribution in [0.2, 0.25) is 0 Å². The van der Waals surface area contributed by atoms with Crippen LogP contribution in [0, 0.1) is 16.7 Å². The van der Waals surface area contributed by atoms with Crippen LogP contribution in [-0.4, -0.2) is 10.0 Å². The third-order valence-corrected chi connectivity index (χ3v) is 6.11. The fourth-order valence-corrected chi connectivity index (χ4v) is 4.43. The van der Waals surface area contributed by atoms with Gasteiger partial charge in [-0.15, -0.1) is 11.6 Å². The Morgan fingerprint density at radius 3 is 2.65 bits per heavy atom. The molecule has 3 atom stereocenters. The molecule has 20 heavy (non-hydrogen) atoms. The Morgan fingerprint density at radius 1 is 1.30 bits per heavy atom. The highest BCUT2D eigenvalue weighted by Gasteiger charge is 2.50. The number of hydrogen-bond acceptors (Lipinski definition) is 1. The van der Waals surface area contributed by atoms with Gasteiger partial charge >= 0.3 is 0 Å². The van der Waals surface area contributed by atoms with E-state index in [9.17, 15) is 0 Å². The SMILES string of the molecule is CC1(C)[C@H]2CCC(/C=C\N=C(Cl)Cl)=C[C@@]2(C)CC[C@@H]1Cl. The Bertz CT molecular complexity index is 460. The number of aliphatic imine (C=N–C) groups is 1. The summed E-state index contributed by atoms with van der Waals surface area (Å²) in [6, 6.07) is 0. The summed E-state index contributed by atoms with van der Waals surface area (Å²) in [4.78, 5) is 3.89. The zero-order valence-electron chi connectivity index (χ0n) is 12.3. The van der Waals surface area contributed by atoms with E-state index in [2.05, 4.69) is 31.8 Å². The van der Waals surface area contributed by atoms with Crippen molar-refractivity contribution < 1.29 is 0 Å². The van der Waals surface area contributed by atoms with Crippen LogP contribution in [0.4, 0.5) is 0 Å². The van der Waals surface area contributed by atoms with Crippen molar-refractivity contribution in [2.24, 2.45) is 21.7 Å². The van der Waals surface area contributed by atoms with Crippen LogP contribution in [-0.2, 0) is 0 Å². The second kappa shape index (κ2) is 6.02. The topological polar surface area (TPSA) is 12.4 Å². The Kier molecular flexibility index (Phi) is 4.94. The van der Waals surface area contributed by atoms with E-state index in [4.69, 9.17) is 34.8 Å². The van der Waals surface area contributed by atoms with E-state index in [1.54, 1.807) is 6.20 Å². The summed E-state index contributed by atoms with van der Waals surface area (Å²) < 4.78 is 0.0468. The van der Waals surface area contributed by atoms with Crippen molar-refractivity contribution in [3.05, 3.63) is 23.9 Å². The summed E-state index contributed by atoms with van der Waals surface area (Å²) in [6.07, 6.45) is 10.6. The average molecular weight is 335 g/mol. The van der Waals surface area contributed by atoms with Gasteiger partial charge in [0.25, 0.3) is 0 Å². The lowest BCUT2D eigenvalue weighted by Gasteiger charge is -2.54. The second-order valence-corrected chi connectivity index (χ2v) is 8.27. The molecule has 2 aliphatic rings. The van der Waals surface area contributed by atoms with Gasteiger partial charge in [0.15, 0.2) is 4.63 Å². The van der Waals surface area contributed by atoms with E-state index in [0.717, 1.165) is 19.3 Å². The maximum absolute atomic E-state index is 6.56. The van der Waals surface area contributed by atoms with Crippen molar-refractivity contribution in [1.82, 2.24) is 0 Å². The number of fused-ring (bicyclic) bond motifs is 1.